The highest BCUT2D eigenvalue weighted by molar-refractivity contribution is 5.96. The Morgan fingerprint density at radius 2 is 2.04 bits per heavy atom. The van der Waals surface area contributed by atoms with Gasteiger partial charge in [-0.05, 0) is 61.6 Å². The summed E-state index contributed by atoms with van der Waals surface area (Å²) in [6, 6.07) is 15.6. The van der Waals surface area contributed by atoms with Crippen LogP contribution in [0.4, 0.5) is 5.69 Å². The van der Waals surface area contributed by atoms with Gasteiger partial charge in [0.1, 0.15) is 5.58 Å². The molecule has 0 saturated heterocycles. The maximum atomic E-state index is 12.3. The van der Waals surface area contributed by atoms with E-state index in [1.807, 2.05) is 30.3 Å². The van der Waals surface area contributed by atoms with Crippen molar-refractivity contribution in [2.45, 2.75) is 38.6 Å². The number of amides is 1. The normalized spacial score (nSPS) is 18.4. The zero-order chi connectivity index (χ0) is 19.9. The topological polar surface area (TPSA) is 57.8 Å². The lowest BCUT2D eigenvalue weighted by molar-refractivity contribution is 0.0929. The van der Waals surface area contributed by atoms with E-state index in [2.05, 4.69) is 55.4 Å². The van der Waals surface area contributed by atoms with Crippen LogP contribution in [0, 0.1) is 0 Å². The van der Waals surface area contributed by atoms with Crippen molar-refractivity contribution in [3.63, 3.8) is 0 Å². The van der Waals surface area contributed by atoms with Gasteiger partial charge in [-0.2, -0.15) is 5.10 Å². The molecule has 2 heterocycles. The molecule has 144 valence electrons. The van der Waals surface area contributed by atoms with Crippen LogP contribution in [0.25, 0.3) is 11.0 Å². The minimum atomic E-state index is -0.361. The molecule has 0 saturated carbocycles. The molecule has 1 aliphatic heterocycles. The molecule has 0 radical (unpaired) electrons. The van der Waals surface area contributed by atoms with E-state index in [0.29, 0.717) is 11.5 Å². The fraction of sp³-hybridized carbons (Fsp3) is 0.304. The predicted octanol–water partition coefficient (Wildman–Crippen LogP) is 4.92. The molecule has 0 aliphatic carbocycles. The van der Waals surface area contributed by atoms with Crippen LogP contribution in [0.5, 0.6) is 0 Å². The largest absolute Gasteiger partial charge is 0.451 e. The zero-order valence-electron chi connectivity index (χ0n) is 16.7. The van der Waals surface area contributed by atoms with E-state index < -0.39 is 0 Å². The fourth-order valence-electron chi connectivity index (χ4n) is 3.99. The first-order valence-electron chi connectivity index (χ1n) is 9.55. The van der Waals surface area contributed by atoms with Crippen molar-refractivity contribution in [2.24, 2.45) is 5.10 Å². The van der Waals surface area contributed by atoms with Gasteiger partial charge in [0.05, 0.1) is 6.21 Å². The molecular formula is C23H25N3O2. The third-order valence-corrected chi connectivity index (χ3v) is 5.69. The maximum absolute atomic E-state index is 12.3. The van der Waals surface area contributed by atoms with Crippen molar-refractivity contribution in [3.05, 3.63) is 65.4 Å². The molecule has 4 rings (SSSR count). The van der Waals surface area contributed by atoms with E-state index in [-0.39, 0.29) is 17.2 Å². The Labute approximate surface area is 165 Å². The first kappa shape index (κ1) is 18.3. The number of carbonyl (C=O) groups is 1. The number of rotatable bonds is 3. The number of para-hydroxylation sites is 1. The lowest BCUT2D eigenvalue weighted by Crippen LogP contribution is -2.45. The van der Waals surface area contributed by atoms with Gasteiger partial charge in [-0.25, -0.2) is 5.43 Å². The maximum Gasteiger partial charge on any atom is 0.307 e. The van der Waals surface area contributed by atoms with E-state index in [9.17, 15) is 4.79 Å². The third-order valence-electron chi connectivity index (χ3n) is 5.69. The van der Waals surface area contributed by atoms with Crippen LogP contribution in [0.3, 0.4) is 0 Å². The minimum absolute atomic E-state index is 0.141. The van der Waals surface area contributed by atoms with Crippen LogP contribution in [0.1, 0.15) is 54.8 Å². The molecule has 0 unspecified atom stereocenters. The van der Waals surface area contributed by atoms with Crippen molar-refractivity contribution in [1.82, 2.24) is 5.43 Å². The summed E-state index contributed by atoms with van der Waals surface area (Å²) in [7, 11) is 2.14. The summed E-state index contributed by atoms with van der Waals surface area (Å²) in [5.41, 5.74) is 6.91. The first-order valence-corrected chi connectivity index (χ1v) is 9.55. The molecule has 1 amide bonds. The molecule has 0 fully saturated rings. The van der Waals surface area contributed by atoms with Crippen LogP contribution in [-0.2, 0) is 0 Å². The second kappa shape index (κ2) is 6.82. The molecule has 28 heavy (non-hydrogen) atoms. The zero-order valence-corrected chi connectivity index (χ0v) is 16.7. The van der Waals surface area contributed by atoms with Gasteiger partial charge < -0.3 is 9.32 Å². The minimum Gasteiger partial charge on any atom is -0.451 e. The van der Waals surface area contributed by atoms with Crippen molar-refractivity contribution < 1.29 is 9.21 Å². The number of fused-ring (bicyclic) bond motifs is 2. The lowest BCUT2D eigenvalue weighted by Gasteiger charge is -2.45. The highest BCUT2D eigenvalue weighted by Gasteiger charge is 2.33. The fourth-order valence-corrected chi connectivity index (χ4v) is 3.99. The van der Waals surface area contributed by atoms with Crippen LogP contribution < -0.4 is 10.3 Å². The Balaban J connectivity index is 1.49. The van der Waals surface area contributed by atoms with E-state index in [4.69, 9.17) is 4.42 Å². The molecule has 1 aromatic heterocycles. The van der Waals surface area contributed by atoms with E-state index >= 15 is 0 Å². The van der Waals surface area contributed by atoms with Crippen molar-refractivity contribution in [3.8, 4) is 0 Å². The summed E-state index contributed by atoms with van der Waals surface area (Å²) in [4.78, 5) is 14.6. The number of nitrogens with zero attached hydrogens (tertiary/aromatic N) is 2. The Kier molecular flexibility index (Phi) is 4.46. The van der Waals surface area contributed by atoms with Crippen LogP contribution in [0.2, 0.25) is 0 Å². The van der Waals surface area contributed by atoms with E-state index in [0.717, 1.165) is 17.4 Å². The number of benzene rings is 2. The second-order valence-corrected chi connectivity index (χ2v) is 8.14. The molecule has 1 aliphatic rings. The number of anilines is 1. The summed E-state index contributed by atoms with van der Waals surface area (Å²) < 4.78 is 5.56. The van der Waals surface area contributed by atoms with Gasteiger partial charge in [0, 0.05) is 23.7 Å². The number of carbonyl (C=O) groups excluding carboxylic acids is 1. The second-order valence-electron chi connectivity index (χ2n) is 8.14. The average Bonchev–Trinajstić information content (AvgIpc) is 3.10. The third kappa shape index (κ3) is 3.28. The Morgan fingerprint density at radius 1 is 1.25 bits per heavy atom. The number of hydrogen-bond donors (Lipinski definition) is 1. The van der Waals surface area contributed by atoms with Gasteiger partial charge in [-0.15, -0.1) is 0 Å². The number of nitrogens with one attached hydrogen (secondary N) is 1. The van der Waals surface area contributed by atoms with E-state index in [1.54, 1.807) is 12.3 Å². The smallest absolute Gasteiger partial charge is 0.307 e. The summed E-state index contributed by atoms with van der Waals surface area (Å²) >= 11 is 0. The molecule has 1 N–H and O–H groups in total. The summed E-state index contributed by atoms with van der Waals surface area (Å²) in [6.07, 6.45) is 2.77. The molecule has 2 aromatic carbocycles. The molecule has 5 nitrogen and oxygen atoms in total. The predicted molar refractivity (Wildman–Crippen MR) is 113 cm³/mol. The Morgan fingerprint density at radius 3 is 2.82 bits per heavy atom. The highest BCUT2D eigenvalue weighted by Crippen LogP contribution is 2.42. The molecule has 3 aromatic rings. The monoisotopic (exact) mass is 375 g/mol. The molecular weight excluding hydrogens is 350 g/mol. The highest BCUT2D eigenvalue weighted by atomic mass is 16.3. The standard InChI is InChI=1S/C23H25N3O2/c1-15-13-23(2,3)26(4)19-10-9-16(11-18(15)19)14-24-25-22(27)21-12-17-7-5-6-8-20(17)28-21/h5-12,14-15H,13H2,1-4H3,(H,25,27)/b24-14+/t15-/m0/s1. The van der Waals surface area contributed by atoms with Gasteiger partial charge in [-0.3, -0.25) is 4.79 Å². The number of hydrazone groups is 1. The molecule has 0 spiro atoms. The number of hydrogen-bond acceptors (Lipinski definition) is 4. The van der Waals surface area contributed by atoms with E-state index in [1.165, 1.54) is 11.3 Å². The van der Waals surface area contributed by atoms with Gasteiger partial charge in [0.15, 0.2) is 5.76 Å². The van der Waals surface area contributed by atoms with Gasteiger partial charge in [-0.1, -0.05) is 31.2 Å². The summed E-state index contributed by atoms with van der Waals surface area (Å²) in [5.74, 6) is 0.362. The SMILES string of the molecule is C[C@H]1CC(C)(C)N(C)c2ccc(/C=N/NC(=O)c3cc4ccccc4o3)cc21. The Bertz CT molecular complexity index is 1030. The van der Waals surface area contributed by atoms with Crippen LogP contribution in [0.15, 0.2) is 58.0 Å². The van der Waals surface area contributed by atoms with Gasteiger partial charge in [0.25, 0.3) is 0 Å². The lowest BCUT2D eigenvalue weighted by atomic mass is 9.80. The molecule has 5 heteroatoms. The quantitative estimate of drug-likeness (QED) is 0.522. The van der Waals surface area contributed by atoms with Crippen LogP contribution >= 0.6 is 0 Å². The number of furan rings is 1. The Hall–Kier alpha value is -3.08. The molecule has 1 atom stereocenters. The van der Waals surface area contributed by atoms with Crippen molar-refractivity contribution in [1.29, 1.82) is 0 Å². The molecule has 0 bridgehead atoms. The first-order chi connectivity index (χ1) is 13.3. The van der Waals surface area contributed by atoms with Crippen molar-refractivity contribution in [2.75, 3.05) is 11.9 Å². The summed E-state index contributed by atoms with van der Waals surface area (Å²) in [5, 5.41) is 5.01. The van der Waals surface area contributed by atoms with Gasteiger partial charge >= 0.3 is 5.91 Å². The van der Waals surface area contributed by atoms with Crippen LogP contribution in [-0.4, -0.2) is 24.7 Å². The summed E-state index contributed by atoms with van der Waals surface area (Å²) in [6.45, 7) is 6.81. The van der Waals surface area contributed by atoms with Crippen molar-refractivity contribution >= 4 is 28.8 Å². The average molecular weight is 375 g/mol. The van der Waals surface area contributed by atoms with Gasteiger partial charge in [0.2, 0.25) is 0 Å².